The van der Waals surface area contributed by atoms with Crippen LogP contribution >= 0.6 is 11.6 Å². The minimum absolute atomic E-state index is 0.169. The van der Waals surface area contributed by atoms with E-state index < -0.39 is 5.97 Å². The Morgan fingerprint density at radius 3 is 2.52 bits per heavy atom. The molecule has 1 aliphatic rings. The van der Waals surface area contributed by atoms with E-state index in [9.17, 15) is 4.79 Å². The summed E-state index contributed by atoms with van der Waals surface area (Å²) in [6.07, 6.45) is 1.58. The lowest BCUT2D eigenvalue weighted by Crippen LogP contribution is -2.05. The maximum absolute atomic E-state index is 12.2. The zero-order valence-corrected chi connectivity index (χ0v) is 15.9. The van der Waals surface area contributed by atoms with E-state index in [4.69, 9.17) is 30.5 Å². The van der Waals surface area contributed by atoms with Gasteiger partial charge in [0.1, 0.15) is 5.75 Å². The van der Waals surface area contributed by atoms with Gasteiger partial charge in [0, 0.05) is 5.56 Å². The van der Waals surface area contributed by atoms with Crippen molar-refractivity contribution in [3.05, 3.63) is 58.2 Å². The molecule has 6 nitrogen and oxygen atoms in total. The topological polar surface area (TPSA) is 66.3 Å². The molecule has 0 bridgehead atoms. The Balaban J connectivity index is 1.90. The average molecular weight is 388 g/mol. The molecular formula is C20H18ClNO5. The third-order valence-corrected chi connectivity index (χ3v) is 4.07. The molecule has 0 saturated carbocycles. The number of ether oxygens (including phenoxy) is 4. The molecule has 1 heterocycles. The van der Waals surface area contributed by atoms with Crippen LogP contribution in [0.4, 0.5) is 0 Å². The molecule has 1 aliphatic heterocycles. The first-order valence-electron chi connectivity index (χ1n) is 8.23. The fourth-order valence-electron chi connectivity index (χ4n) is 2.57. The highest BCUT2D eigenvalue weighted by Gasteiger charge is 2.24. The van der Waals surface area contributed by atoms with Crippen LogP contribution in [0.15, 0.2) is 47.1 Å². The van der Waals surface area contributed by atoms with E-state index in [1.165, 1.54) is 14.2 Å². The highest BCUT2D eigenvalue weighted by Crippen LogP contribution is 2.37. The maximum Gasteiger partial charge on any atom is 0.363 e. The van der Waals surface area contributed by atoms with E-state index in [1.54, 1.807) is 42.5 Å². The molecule has 0 atom stereocenters. The quantitative estimate of drug-likeness (QED) is 0.551. The number of carbonyl (C=O) groups excluding carboxylic acids is 1. The zero-order valence-electron chi connectivity index (χ0n) is 15.1. The Hall–Kier alpha value is -2.99. The number of nitrogens with zero attached hydrogens (tertiary/aromatic N) is 1. The molecule has 7 heteroatoms. The third kappa shape index (κ3) is 4.06. The number of benzene rings is 2. The summed E-state index contributed by atoms with van der Waals surface area (Å²) >= 11 is 6.20. The summed E-state index contributed by atoms with van der Waals surface area (Å²) in [4.78, 5) is 16.5. The molecule has 0 aromatic heterocycles. The lowest BCUT2D eigenvalue weighted by Gasteiger charge is -2.10. The Morgan fingerprint density at radius 2 is 1.89 bits per heavy atom. The molecule has 0 aliphatic carbocycles. The van der Waals surface area contributed by atoms with Gasteiger partial charge >= 0.3 is 5.97 Å². The van der Waals surface area contributed by atoms with Gasteiger partial charge < -0.3 is 18.9 Å². The molecule has 2 aromatic carbocycles. The smallest absolute Gasteiger partial charge is 0.363 e. The van der Waals surface area contributed by atoms with Crippen LogP contribution in [0, 0.1) is 0 Å². The first-order valence-corrected chi connectivity index (χ1v) is 8.60. The molecule has 0 spiro atoms. The molecule has 3 rings (SSSR count). The van der Waals surface area contributed by atoms with Gasteiger partial charge in [0.25, 0.3) is 0 Å². The second-order valence-electron chi connectivity index (χ2n) is 5.53. The summed E-state index contributed by atoms with van der Waals surface area (Å²) < 4.78 is 21.2. The molecule has 0 amide bonds. The molecule has 2 aromatic rings. The van der Waals surface area contributed by atoms with Gasteiger partial charge in [-0.2, -0.15) is 0 Å². The Kier molecular flexibility index (Phi) is 5.66. The molecule has 0 unspecified atom stereocenters. The predicted molar refractivity (Wildman–Crippen MR) is 103 cm³/mol. The van der Waals surface area contributed by atoms with Gasteiger partial charge in [-0.05, 0) is 55.0 Å². The Labute approximate surface area is 162 Å². The van der Waals surface area contributed by atoms with Crippen molar-refractivity contribution in [3.8, 4) is 17.2 Å². The number of hydrogen-bond acceptors (Lipinski definition) is 6. The van der Waals surface area contributed by atoms with Crippen molar-refractivity contribution in [1.29, 1.82) is 0 Å². The van der Waals surface area contributed by atoms with Gasteiger partial charge in [-0.3, -0.25) is 0 Å². The molecule has 0 radical (unpaired) electrons. The summed E-state index contributed by atoms with van der Waals surface area (Å²) in [7, 11) is 3.01. The second-order valence-corrected chi connectivity index (χ2v) is 5.94. The number of methoxy groups -OCH3 is 2. The Bertz CT molecular complexity index is 919. The second kappa shape index (κ2) is 8.14. The van der Waals surface area contributed by atoms with Crippen LogP contribution in [-0.2, 0) is 9.53 Å². The number of carbonyl (C=O) groups is 1. The van der Waals surface area contributed by atoms with Crippen molar-refractivity contribution in [2.24, 2.45) is 4.99 Å². The van der Waals surface area contributed by atoms with Gasteiger partial charge in [-0.15, -0.1) is 0 Å². The first kappa shape index (κ1) is 18.8. The lowest BCUT2D eigenvalue weighted by atomic mass is 10.1. The number of rotatable bonds is 6. The largest absolute Gasteiger partial charge is 0.494 e. The van der Waals surface area contributed by atoms with Crippen LogP contribution in [0.2, 0.25) is 5.02 Å². The van der Waals surface area contributed by atoms with Crippen molar-refractivity contribution in [2.75, 3.05) is 20.8 Å². The van der Waals surface area contributed by atoms with E-state index in [0.29, 0.717) is 34.3 Å². The number of cyclic esters (lactones) is 1. The molecule has 0 fully saturated rings. The van der Waals surface area contributed by atoms with E-state index in [2.05, 4.69) is 4.99 Å². The van der Waals surface area contributed by atoms with Gasteiger partial charge in [-0.25, -0.2) is 9.79 Å². The van der Waals surface area contributed by atoms with Crippen molar-refractivity contribution >= 4 is 29.5 Å². The van der Waals surface area contributed by atoms with Gasteiger partial charge in [-0.1, -0.05) is 11.6 Å². The van der Waals surface area contributed by atoms with Crippen molar-refractivity contribution in [2.45, 2.75) is 6.92 Å². The molecule has 0 saturated heterocycles. The third-order valence-electron chi connectivity index (χ3n) is 3.79. The first-order chi connectivity index (χ1) is 13.0. The predicted octanol–water partition coefficient (Wildman–Crippen LogP) is 4.10. The number of halogens is 1. The van der Waals surface area contributed by atoms with Gasteiger partial charge in [0.15, 0.2) is 17.2 Å². The minimum atomic E-state index is -0.537. The van der Waals surface area contributed by atoms with Crippen LogP contribution in [0.5, 0.6) is 17.2 Å². The van der Waals surface area contributed by atoms with Crippen molar-refractivity contribution in [3.63, 3.8) is 0 Å². The normalized spacial score (nSPS) is 14.7. The lowest BCUT2D eigenvalue weighted by molar-refractivity contribution is -0.129. The molecule has 27 heavy (non-hydrogen) atoms. The fourth-order valence-corrected chi connectivity index (χ4v) is 2.87. The summed E-state index contributed by atoms with van der Waals surface area (Å²) in [5.74, 6) is 1.32. The summed E-state index contributed by atoms with van der Waals surface area (Å²) in [6, 6.07) is 10.5. The number of aliphatic imine (C=N–C) groups is 1. The van der Waals surface area contributed by atoms with E-state index in [-0.39, 0.29) is 11.6 Å². The summed E-state index contributed by atoms with van der Waals surface area (Å²) in [6.45, 7) is 2.49. The van der Waals surface area contributed by atoms with Gasteiger partial charge in [0.2, 0.25) is 5.90 Å². The zero-order chi connectivity index (χ0) is 19.4. The highest BCUT2D eigenvalue weighted by atomic mass is 35.5. The molecule has 140 valence electrons. The molecule has 0 N–H and O–H groups in total. The van der Waals surface area contributed by atoms with E-state index in [1.807, 2.05) is 6.92 Å². The number of esters is 1. The van der Waals surface area contributed by atoms with Crippen LogP contribution in [0.1, 0.15) is 18.1 Å². The van der Waals surface area contributed by atoms with Crippen LogP contribution in [-0.4, -0.2) is 32.7 Å². The van der Waals surface area contributed by atoms with Crippen LogP contribution in [0.25, 0.3) is 6.08 Å². The number of hydrogen-bond donors (Lipinski definition) is 0. The monoisotopic (exact) mass is 387 g/mol. The van der Waals surface area contributed by atoms with Crippen molar-refractivity contribution in [1.82, 2.24) is 0 Å². The maximum atomic E-state index is 12.2. The SMILES string of the molecule is CCOc1ccc(C2=N/C(=C\c3cc(Cl)c(OC)c(OC)c3)C(=O)O2)cc1. The molecular weight excluding hydrogens is 370 g/mol. The summed E-state index contributed by atoms with van der Waals surface area (Å²) in [5, 5.41) is 0.366. The van der Waals surface area contributed by atoms with E-state index >= 15 is 0 Å². The Morgan fingerprint density at radius 1 is 1.15 bits per heavy atom. The summed E-state index contributed by atoms with van der Waals surface area (Å²) in [5.41, 5.74) is 1.49. The standard InChI is InChI=1S/C20H18ClNO5/c1-4-26-14-7-5-13(6-8-14)19-22-16(20(23)27-19)10-12-9-15(21)18(25-3)17(11-12)24-2/h5-11H,4H2,1-3H3/b16-10-. The van der Waals surface area contributed by atoms with Crippen LogP contribution in [0.3, 0.4) is 0 Å². The highest BCUT2D eigenvalue weighted by molar-refractivity contribution is 6.32. The minimum Gasteiger partial charge on any atom is -0.494 e. The van der Waals surface area contributed by atoms with Gasteiger partial charge in [0.05, 0.1) is 25.8 Å². The van der Waals surface area contributed by atoms with Crippen LogP contribution < -0.4 is 14.2 Å². The van der Waals surface area contributed by atoms with E-state index in [0.717, 1.165) is 5.75 Å². The average Bonchev–Trinajstić information content (AvgIpc) is 3.02. The fraction of sp³-hybridized carbons (Fsp3) is 0.200. The van der Waals surface area contributed by atoms with Crippen molar-refractivity contribution < 1.29 is 23.7 Å².